The van der Waals surface area contributed by atoms with Crippen LogP contribution in [0.25, 0.3) is 0 Å². The lowest BCUT2D eigenvalue weighted by Gasteiger charge is -2.41. The van der Waals surface area contributed by atoms with Crippen LogP contribution in [0.3, 0.4) is 0 Å². The Morgan fingerprint density at radius 2 is 2.36 bits per heavy atom. The fourth-order valence-corrected chi connectivity index (χ4v) is 1.51. The summed E-state index contributed by atoms with van der Waals surface area (Å²) in [4.78, 5) is 0. The van der Waals surface area contributed by atoms with Gasteiger partial charge in [-0.05, 0) is 0 Å². The molecule has 1 aliphatic rings. The SMILES string of the molecule is C=CCNC1(O)CCOC(CO)C1O. The van der Waals surface area contributed by atoms with Crippen LogP contribution in [0.5, 0.6) is 0 Å². The van der Waals surface area contributed by atoms with Crippen molar-refractivity contribution in [1.29, 1.82) is 0 Å². The van der Waals surface area contributed by atoms with E-state index in [4.69, 9.17) is 9.84 Å². The maximum Gasteiger partial charge on any atom is 0.147 e. The molecule has 0 amide bonds. The summed E-state index contributed by atoms with van der Waals surface area (Å²) < 4.78 is 5.09. The van der Waals surface area contributed by atoms with Crippen LogP contribution in [0.15, 0.2) is 12.7 Å². The highest BCUT2D eigenvalue weighted by Crippen LogP contribution is 2.22. The van der Waals surface area contributed by atoms with E-state index in [9.17, 15) is 10.2 Å². The molecule has 0 radical (unpaired) electrons. The third kappa shape index (κ3) is 2.31. The monoisotopic (exact) mass is 203 g/mol. The Bertz CT molecular complexity index is 199. The van der Waals surface area contributed by atoms with E-state index in [0.29, 0.717) is 19.6 Å². The third-order valence-electron chi connectivity index (χ3n) is 2.39. The molecule has 0 spiro atoms. The molecule has 1 heterocycles. The molecule has 5 heteroatoms. The predicted molar refractivity (Wildman–Crippen MR) is 50.6 cm³/mol. The van der Waals surface area contributed by atoms with Crippen LogP contribution in [0.4, 0.5) is 0 Å². The minimum absolute atomic E-state index is 0.290. The molecule has 14 heavy (non-hydrogen) atoms. The van der Waals surface area contributed by atoms with E-state index in [0.717, 1.165) is 0 Å². The van der Waals surface area contributed by atoms with Gasteiger partial charge in [0, 0.05) is 13.0 Å². The number of rotatable bonds is 4. The fraction of sp³-hybridized carbons (Fsp3) is 0.778. The highest BCUT2D eigenvalue weighted by Gasteiger charge is 2.43. The van der Waals surface area contributed by atoms with Gasteiger partial charge in [0.05, 0.1) is 13.2 Å². The molecule has 0 aromatic heterocycles. The van der Waals surface area contributed by atoms with E-state index in [2.05, 4.69) is 11.9 Å². The van der Waals surface area contributed by atoms with Crippen LogP contribution in [-0.2, 0) is 4.74 Å². The molecule has 0 aromatic carbocycles. The van der Waals surface area contributed by atoms with Gasteiger partial charge in [-0.2, -0.15) is 0 Å². The van der Waals surface area contributed by atoms with Gasteiger partial charge in [0.25, 0.3) is 0 Å². The van der Waals surface area contributed by atoms with Crippen molar-refractivity contribution in [3.05, 3.63) is 12.7 Å². The van der Waals surface area contributed by atoms with Gasteiger partial charge in [-0.15, -0.1) is 6.58 Å². The van der Waals surface area contributed by atoms with E-state index in [1.807, 2.05) is 0 Å². The zero-order valence-electron chi connectivity index (χ0n) is 8.02. The number of ether oxygens (including phenoxy) is 1. The number of nitrogens with one attached hydrogen (secondary N) is 1. The van der Waals surface area contributed by atoms with Crippen molar-refractivity contribution < 1.29 is 20.1 Å². The normalized spacial score (nSPS) is 38.2. The third-order valence-corrected chi connectivity index (χ3v) is 2.39. The summed E-state index contributed by atoms with van der Waals surface area (Å²) in [6.07, 6.45) is 0.0272. The fourth-order valence-electron chi connectivity index (χ4n) is 1.51. The van der Waals surface area contributed by atoms with Crippen LogP contribution < -0.4 is 5.32 Å². The number of hydrogen-bond acceptors (Lipinski definition) is 5. The smallest absolute Gasteiger partial charge is 0.147 e. The van der Waals surface area contributed by atoms with E-state index >= 15 is 0 Å². The topological polar surface area (TPSA) is 82.0 Å². The van der Waals surface area contributed by atoms with Crippen molar-refractivity contribution >= 4 is 0 Å². The molecule has 3 atom stereocenters. The lowest BCUT2D eigenvalue weighted by molar-refractivity contribution is -0.209. The first kappa shape index (κ1) is 11.6. The van der Waals surface area contributed by atoms with E-state index in [1.54, 1.807) is 6.08 Å². The van der Waals surface area contributed by atoms with Crippen molar-refractivity contribution in [1.82, 2.24) is 5.32 Å². The molecule has 3 unspecified atom stereocenters. The summed E-state index contributed by atoms with van der Waals surface area (Å²) in [6, 6.07) is 0. The molecule has 1 fully saturated rings. The largest absolute Gasteiger partial charge is 0.394 e. The molecule has 82 valence electrons. The van der Waals surface area contributed by atoms with Crippen molar-refractivity contribution in [3.8, 4) is 0 Å². The Kier molecular flexibility index (Phi) is 4.03. The molecular formula is C9H17NO4. The minimum Gasteiger partial charge on any atom is -0.394 e. The molecular weight excluding hydrogens is 186 g/mol. The summed E-state index contributed by atoms with van der Waals surface area (Å²) in [5.74, 6) is 0. The van der Waals surface area contributed by atoms with Gasteiger partial charge in [-0.3, -0.25) is 5.32 Å². The Labute approximate surface area is 83.0 Å². The van der Waals surface area contributed by atoms with Gasteiger partial charge in [0.2, 0.25) is 0 Å². The second-order valence-electron chi connectivity index (χ2n) is 3.38. The summed E-state index contributed by atoms with van der Waals surface area (Å²) in [6.45, 7) is 3.90. The Morgan fingerprint density at radius 1 is 1.64 bits per heavy atom. The van der Waals surface area contributed by atoms with Crippen molar-refractivity contribution in [2.45, 2.75) is 24.4 Å². The zero-order chi connectivity index (χ0) is 10.6. The summed E-state index contributed by atoms with van der Waals surface area (Å²) in [7, 11) is 0. The van der Waals surface area contributed by atoms with Gasteiger partial charge < -0.3 is 20.1 Å². The lowest BCUT2D eigenvalue weighted by Crippen LogP contribution is -2.63. The summed E-state index contributed by atoms with van der Waals surface area (Å²) in [5.41, 5.74) is -1.39. The van der Waals surface area contributed by atoms with E-state index in [-0.39, 0.29) is 6.61 Å². The molecule has 0 saturated carbocycles. The zero-order valence-corrected chi connectivity index (χ0v) is 8.02. The van der Waals surface area contributed by atoms with E-state index in [1.165, 1.54) is 0 Å². The first-order valence-corrected chi connectivity index (χ1v) is 4.63. The summed E-state index contributed by atoms with van der Waals surface area (Å²) >= 11 is 0. The molecule has 5 nitrogen and oxygen atoms in total. The highest BCUT2D eigenvalue weighted by molar-refractivity contribution is 4.93. The quantitative estimate of drug-likeness (QED) is 0.333. The van der Waals surface area contributed by atoms with Crippen molar-refractivity contribution in [3.63, 3.8) is 0 Å². The van der Waals surface area contributed by atoms with Crippen molar-refractivity contribution in [2.75, 3.05) is 19.8 Å². The minimum atomic E-state index is -1.39. The molecule has 0 bridgehead atoms. The first-order valence-electron chi connectivity index (χ1n) is 4.63. The Hall–Kier alpha value is -0.460. The summed E-state index contributed by atoms with van der Waals surface area (Å²) in [5, 5.41) is 31.3. The van der Waals surface area contributed by atoms with Crippen LogP contribution in [0, 0.1) is 0 Å². The van der Waals surface area contributed by atoms with E-state index < -0.39 is 17.9 Å². The van der Waals surface area contributed by atoms with Gasteiger partial charge in [0.15, 0.2) is 0 Å². The second kappa shape index (κ2) is 4.86. The molecule has 0 aromatic rings. The standard InChI is InChI=1S/C9H17NO4/c1-2-4-10-9(13)3-5-14-7(6-11)8(9)12/h2,7-8,10-13H,1,3-6H2. The lowest BCUT2D eigenvalue weighted by atomic mass is 9.95. The van der Waals surface area contributed by atoms with Gasteiger partial charge in [-0.25, -0.2) is 0 Å². The maximum absolute atomic E-state index is 9.97. The van der Waals surface area contributed by atoms with Gasteiger partial charge in [-0.1, -0.05) is 6.08 Å². The first-order chi connectivity index (χ1) is 6.64. The van der Waals surface area contributed by atoms with Crippen LogP contribution in [0.2, 0.25) is 0 Å². The molecule has 0 aliphatic carbocycles. The predicted octanol–water partition coefficient (Wildman–Crippen LogP) is -1.41. The number of hydrogen-bond donors (Lipinski definition) is 4. The maximum atomic E-state index is 9.97. The van der Waals surface area contributed by atoms with Crippen LogP contribution in [-0.4, -0.2) is 53.0 Å². The molecule has 1 rings (SSSR count). The molecule has 1 aliphatic heterocycles. The Morgan fingerprint density at radius 3 is 2.93 bits per heavy atom. The number of aliphatic hydroxyl groups excluding tert-OH is 2. The average Bonchev–Trinajstić information content (AvgIpc) is 2.20. The molecule has 4 N–H and O–H groups in total. The molecule has 1 saturated heterocycles. The highest BCUT2D eigenvalue weighted by atomic mass is 16.5. The number of aliphatic hydroxyl groups is 3. The van der Waals surface area contributed by atoms with Crippen molar-refractivity contribution in [2.24, 2.45) is 0 Å². The second-order valence-corrected chi connectivity index (χ2v) is 3.38. The average molecular weight is 203 g/mol. The van der Waals surface area contributed by atoms with Gasteiger partial charge in [0.1, 0.15) is 17.9 Å². The van der Waals surface area contributed by atoms with Gasteiger partial charge >= 0.3 is 0 Å². The Balaban J connectivity index is 2.60. The van der Waals surface area contributed by atoms with Crippen LogP contribution >= 0.6 is 0 Å². The van der Waals surface area contributed by atoms with Crippen LogP contribution in [0.1, 0.15) is 6.42 Å².